The number of benzene rings is 1. The van der Waals surface area contributed by atoms with Crippen molar-refractivity contribution < 1.29 is 28.3 Å². The van der Waals surface area contributed by atoms with Gasteiger partial charge in [0.2, 0.25) is 5.89 Å². The average molecular weight is 502 g/mol. The first-order valence-corrected chi connectivity index (χ1v) is 11.3. The molecule has 0 aliphatic carbocycles. The second-order valence-electron chi connectivity index (χ2n) is 8.83. The zero-order chi connectivity index (χ0) is 27.2. The lowest BCUT2D eigenvalue weighted by Crippen LogP contribution is -2.51. The maximum absolute atomic E-state index is 13.2. The van der Waals surface area contributed by atoms with Crippen LogP contribution in [0.2, 0.25) is 0 Å². The first-order chi connectivity index (χ1) is 16.8. The largest absolute Gasteiger partial charge is 0.503 e. The number of aliphatic hydroxyl groups is 1. The monoisotopic (exact) mass is 501 g/mol. The molecule has 194 valence electrons. The third-order valence-corrected chi connectivity index (χ3v) is 5.58. The summed E-state index contributed by atoms with van der Waals surface area (Å²) in [7, 11) is 1.45. The van der Waals surface area contributed by atoms with Gasteiger partial charge in [-0.05, 0) is 51.8 Å². The molecular formula is C25H32FN5O5. The van der Waals surface area contributed by atoms with Gasteiger partial charge in [-0.1, -0.05) is 24.6 Å². The maximum atomic E-state index is 13.2. The van der Waals surface area contributed by atoms with E-state index in [1.54, 1.807) is 27.7 Å². The summed E-state index contributed by atoms with van der Waals surface area (Å²) >= 11 is 0. The second-order valence-corrected chi connectivity index (χ2v) is 8.83. The minimum atomic E-state index is -1.09. The van der Waals surface area contributed by atoms with E-state index < -0.39 is 34.8 Å². The van der Waals surface area contributed by atoms with Gasteiger partial charge in [-0.15, -0.1) is 10.2 Å². The van der Waals surface area contributed by atoms with Gasteiger partial charge >= 0.3 is 11.8 Å². The van der Waals surface area contributed by atoms with Crippen molar-refractivity contribution in [1.82, 2.24) is 25.7 Å². The quantitative estimate of drug-likeness (QED) is 0.354. The first kappa shape index (κ1) is 28.2. The molecule has 2 aromatic rings. The smallest absolute Gasteiger partial charge is 0.309 e. The maximum Gasteiger partial charge on any atom is 0.309 e. The van der Waals surface area contributed by atoms with E-state index in [0.29, 0.717) is 17.7 Å². The van der Waals surface area contributed by atoms with Crippen LogP contribution in [-0.4, -0.2) is 50.5 Å². The number of aliphatic hydroxyl groups excluding tert-OH is 1. The Labute approximate surface area is 209 Å². The van der Waals surface area contributed by atoms with Crippen molar-refractivity contribution >= 4 is 17.7 Å². The van der Waals surface area contributed by atoms with Crippen LogP contribution in [0.25, 0.3) is 0 Å². The average Bonchev–Trinajstić information content (AvgIpc) is 3.27. The van der Waals surface area contributed by atoms with Crippen LogP contribution < -0.4 is 10.6 Å². The Morgan fingerprint density at radius 3 is 2.28 bits per heavy atom. The van der Waals surface area contributed by atoms with E-state index in [1.165, 1.54) is 43.1 Å². The van der Waals surface area contributed by atoms with Gasteiger partial charge in [0.05, 0.1) is 11.1 Å². The number of aromatic nitrogens is 2. The zero-order valence-corrected chi connectivity index (χ0v) is 21.5. The van der Waals surface area contributed by atoms with E-state index in [4.69, 9.17) is 4.42 Å². The first-order valence-electron chi connectivity index (χ1n) is 11.3. The molecule has 0 saturated heterocycles. The van der Waals surface area contributed by atoms with Crippen molar-refractivity contribution in [3.8, 4) is 0 Å². The van der Waals surface area contributed by atoms with Crippen LogP contribution in [0.5, 0.6) is 0 Å². The fourth-order valence-electron chi connectivity index (χ4n) is 3.64. The Kier molecular flexibility index (Phi) is 9.10. The molecule has 0 saturated carbocycles. The number of carbonyl (C=O) groups excluding carboxylic acids is 3. The summed E-state index contributed by atoms with van der Waals surface area (Å²) < 4.78 is 18.2. The van der Waals surface area contributed by atoms with E-state index in [9.17, 15) is 23.9 Å². The number of allylic oxidation sites excluding steroid dienone is 1. The van der Waals surface area contributed by atoms with Crippen molar-refractivity contribution in [2.24, 2.45) is 0 Å². The highest BCUT2D eigenvalue weighted by Crippen LogP contribution is 2.26. The highest BCUT2D eigenvalue weighted by atomic mass is 19.1. The van der Waals surface area contributed by atoms with Crippen LogP contribution in [0.4, 0.5) is 4.39 Å². The van der Waals surface area contributed by atoms with Crippen LogP contribution in [0.3, 0.4) is 0 Å². The molecule has 10 nitrogen and oxygen atoms in total. The molecule has 1 aromatic heterocycles. The Balaban J connectivity index is 2.24. The summed E-state index contributed by atoms with van der Waals surface area (Å²) in [5.74, 6) is -3.25. The van der Waals surface area contributed by atoms with Gasteiger partial charge in [-0.3, -0.25) is 14.4 Å². The number of nitrogens with zero attached hydrogens (tertiary/aromatic N) is 3. The molecule has 1 aromatic carbocycles. The number of hydrogen-bond acceptors (Lipinski definition) is 7. The van der Waals surface area contributed by atoms with E-state index in [0.717, 1.165) is 5.57 Å². The molecule has 0 radical (unpaired) electrons. The molecule has 36 heavy (non-hydrogen) atoms. The van der Waals surface area contributed by atoms with E-state index in [1.807, 2.05) is 6.92 Å². The Morgan fingerprint density at radius 1 is 1.14 bits per heavy atom. The Hall–Kier alpha value is -4.02. The SMILES string of the molecule is CCC(C)=C(N(C)C(=O)/C(O)=C(\C)C(=O)NCc1ccc(F)cc1)C(C)(C)NC(=O)c1nnc(C)o1. The lowest BCUT2D eigenvalue weighted by Gasteiger charge is -2.36. The van der Waals surface area contributed by atoms with Gasteiger partial charge in [-0.25, -0.2) is 4.39 Å². The van der Waals surface area contributed by atoms with Crippen molar-refractivity contribution in [1.29, 1.82) is 0 Å². The molecule has 0 bridgehead atoms. The molecule has 3 amide bonds. The molecule has 0 aliphatic heterocycles. The number of halogens is 1. The predicted molar refractivity (Wildman–Crippen MR) is 130 cm³/mol. The summed E-state index contributed by atoms with van der Waals surface area (Å²) in [5.41, 5.74) is 0.557. The molecule has 2 rings (SSSR count). The van der Waals surface area contributed by atoms with E-state index in [-0.39, 0.29) is 23.9 Å². The van der Waals surface area contributed by atoms with Crippen LogP contribution in [0.1, 0.15) is 63.2 Å². The Morgan fingerprint density at radius 2 is 1.75 bits per heavy atom. The highest BCUT2D eigenvalue weighted by molar-refractivity contribution is 6.03. The predicted octanol–water partition coefficient (Wildman–Crippen LogP) is 3.32. The van der Waals surface area contributed by atoms with Crippen LogP contribution in [0.15, 0.2) is 51.3 Å². The summed E-state index contributed by atoms with van der Waals surface area (Å²) in [6, 6.07) is 5.57. The van der Waals surface area contributed by atoms with E-state index in [2.05, 4.69) is 20.8 Å². The highest BCUT2D eigenvalue weighted by Gasteiger charge is 2.35. The summed E-state index contributed by atoms with van der Waals surface area (Å²) in [4.78, 5) is 39.6. The normalized spacial score (nSPS) is 12.9. The van der Waals surface area contributed by atoms with Gasteiger partial charge in [0, 0.05) is 26.2 Å². The van der Waals surface area contributed by atoms with Crippen molar-refractivity contribution in [3.63, 3.8) is 0 Å². The van der Waals surface area contributed by atoms with Crippen molar-refractivity contribution in [3.05, 3.63) is 70.0 Å². The van der Waals surface area contributed by atoms with Gasteiger partial charge in [-0.2, -0.15) is 0 Å². The fraction of sp³-hybridized carbons (Fsp3) is 0.400. The topological polar surface area (TPSA) is 138 Å². The summed E-state index contributed by atoms with van der Waals surface area (Å²) in [6.07, 6.45) is 0.549. The van der Waals surface area contributed by atoms with Gasteiger partial charge < -0.3 is 25.1 Å². The standard InChI is InChI=1S/C25H32FN5O5/c1-8-14(2)20(25(5,6)28-22(34)23-30-29-16(4)36-23)31(7)24(35)19(32)15(3)21(33)27-13-17-9-11-18(26)12-10-17/h9-12,32H,8,13H2,1-7H3,(H,27,33)(H,28,34)/b19-15-,20-14?. The summed E-state index contributed by atoms with van der Waals surface area (Å²) in [6.45, 7) is 10.0. The number of carbonyl (C=O) groups is 3. The number of likely N-dealkylation sites (N-methyl/N-ethyl adjacent to an activating group) is 1. The lowest BCUT2D eigenvalue weighted by molar-refractivity contribution is -0.128. The van der Waals surface area contributed by atoms with Crippen molar-refractivity contribution in [2.75, 3.05) is 7.05 Å². The third-order valence-electron chi connectivity index (χ3n) is 5.58. The molecule has 11 heteroatoms. The molecule has 1 heterocycles. The number of nitrogens with one attached hydrogen (secondary N) is 2. The molecular weight excluding hydrogens is 469 g/mol. The number of aryl methyl sites for hydroxylation is 1. The minimum Gasteiger partial charge on any atom is -0.503 e. The molecule has 0 atom stereocenters. The lowest BCUT2D eigenvalue weighted by atomic mass is 9.93. The van der Waals surface area contributed by atoms with E-state index >= 15 is 0 Å². The zero-order valence-electron chi connectivity index (χ0n) is 21.5. The molecule has 3 N–H and O–H groups in total. The van der Waals surface area contributed by atoms with Gasteiger partial charge in [0.1, 0.15) is 5.82 Å². The van der Waals surface area contributed by atoms with Gasteiger partial charge in [0.15, 0.2) is 5.76 Å². The molecule has 0 fully saturated rings. The van der Waals surface area contributed by atoms with Crippen LogP contribution in [0, 0.1) is 12.7 Å². The van der Waals surface area contributed by atoms with Gasteiger partial charge in [0.25, 0.3) is 11.8 Å². The molecule has 0 aliphatic rings. The molecule has 0 unspecified atom stereocenters. The van der Waals surface area contributed by atoms with Crippen LogP contribution >= 0.6 is 0 Å². The third kappa shape index (κ3) is 6.77. The van der Waals surface area contributed by atoms with Crippen molar-refractivity contribution in [2.45, 2.75) is 60.0 Å². The fourth-order valence-corrected chi connectivity index (χ4v) is 3.64. The van der Waals surface area contributed by atoms with Crippen LogP contribution in [-0.2, 0) is 16.1 Å². The second kappa shape index (κ2) is 11.6. The molecule has 0 spiro atoms. The number of amides is 3. The Bertz CT molecular complexity index is 1200. The minimum absolute atomic E-state index is 0.0854. The number of rotatable bonds is 9. The summed E-state index contributed by atoms with van der Waals surface area (Å²) in [5, 5.41) is 23.4. The number of hydrogen-bond donors (Lipinski definition) is 3.